The minimum Gasteiger partial charge on any atom is -0.344 e. The highest BCUT2D eigenvalue weighted by atomic mass is 35.5. The van der Waals surface area contributed by atoms with Gasteiger partial charge in [-0.05, 0) is 50.2 Å². The lowest BCUT2D eigenvalue weighted by Crippen LogP contribution is -2.28. The molecular weight excluding hydrogens is 362 g/mol. The summed E-state index contributed by atoms with van der Waals surface area (Å²) < 4.78 is 1.80. The lowest BCUT2D eigenvalue weighted by atomic mass is 9.97. The highest BCUT2D eigenvalue weighted by Gasteiger charge is 2.20. The molecule has 6 heteroatoms. The lowest BCUT2D eigenvalue weighted by Gasteiger charge is -2.14. The van der Waals surface area contributed by atoms with Gasteiger partial charge in [0.15, 0.2) is 5.78 Å². The van der Waals surface area contributed by atoms with Gasteiger partial charge in [-0.1, -0.05) is 29.8 Å². The number of nitrogens with zero attached hydrogens (tertiary/aromatic N) is 2. The van der Waals surface area contributed by atoms with E-state index < -0.39 is 0 Å². The van der Waals surface area contributed by atoms with Crippen molar-refractivity contribution in [2.45, 2.75) is 26.4 Å². The summed E-state index contributed by atoms with van der Waals surface area (Å²) in [6, 6.07) is 15.0. The average molecular weight is 382 g/mol. The third-order valence-corrected chi connectivity index (χ3v) is 4.55. The molecule has 27 heavy (non-hydrogen) atoms. The molecule has 0 saturated heterocycles. The number of ketones is 1. The molecule has 1 heterocycles. The van der Waals surface area contributed by atoms with E-state index in [1.165, 1.54) is 0 Å². The lowest BCUT2D eigenvalue weighted by molar-refractivity contribution is 0.0928. The smallest absolute Gasteiger partial charge is 0.252 e. The van der Waals surface area contributed by atoms with E-state index in [-0.39, 0.29) is 17.7 Å². The molecule has 1 aromatic heterocycles. The zero-order valence-corrected chi connectivity index (χ0v) is 15.9. The van der Waals surface area contributed by atoms with Gasteiger partial charge >= 0.3 is 0 Å². The molecule has 0 saturated carbocycles. The number of carbonyl (C=O) groups is 2. The first-order valence-corrected chi connectivity index (χ1v) is 9.11. The summed E-state index contributed by atoms with van der Waals surface area (Å²) in [6.45, 7) is 4.63. The Morgan fingerprint density at radius 1 is 1.07 bits per heavy atom. The zero-order chi connectivity index (χ0) is 19.4. The molecule has 0 aliphatic heterocycles. The van der Waals surface area contributed by atoms with Crippen molar-refractivity contribution in [2.24, 2.45) is 0 Å². The number of halogens is 1. The number of hydrogen-bond acceptors (Lipinski definition) is 3. The van der Waals surface area contributed by atoms with E-state index in [4.69, 9.17) is 11.6 Å². The molecule has 0 radical (unpaired) electrons. The van der Waals surface area contributed by atoms with Crippen molar-refractivity contribution in [1.29, 1.82) is 0 Å². The molecule has 0 aliphatic carbocycles. The molecule has 5 nitrogen and oxygen atoms in total. The maximum absolute atomic E-state index is 12.8. The van der Waals surface area contributed by atoms with Crippen molar-refractivity contribution in [3.8, 4) is 0 Å². The number of amides is 1. The minimum atomic E-state index is -0.313. The second-order valence-corrected chi connectivity index (χ2v) is 6.61. The van der Waals surface area contributed by atoms with Crippen LogP contribution < -0.4 is 5.32 Å². The van der Waals surface area contributed by atoms with E-state index in [9.17, 15) is 9.59 Å². The van der Waals surface area contributed by atoms with Crippen LogP contribution in [-0.2, 0) is 6.54 Å². The summed E-state index contributed by atoms with van der Waals surface area (Å²) in [5.74, 6) is -0.535. The SMILES string of the molecule is CCn1ccc(C(C)NC(=O)c2ccccc2C(=O)c2ccc(Cl)cc2)n1. The van der Waals surface area contributed by atoms with Crippen LogP contribution in [0, 0.1) is 0 Å². The second-order valence-electron chi connectivity index (χ2n) is 6.17. The van der Waals surface area contributed by atoms with E-state index in [0.29, 0.717) is 21.7 Å². The van der Waals surface area contributed by atoms with Crippen molar-refractivity contribution in [3.05, 3.63) is 88.2 Å². The topological polar surface area (TPSA) is 64.0 Å². The molecule has 3 rings (SSSR count). The van der Waals surface area contributed by atoms with Crippen LogP contribution >= 0.6 is 11.6 Å². The second kappa shape index (κ2) is 8.18. The van der Waals surface area contributed by atoms with Crippen LogP contribution in [0.15, 0.2) is 60.8 Å². The van der Waals surface area contributed by atoms with Gasteiger partial charge in [-0.3, -0.25) is 14.3 Å². The number of aryl methyl sites for hydroxylation is 1. The number of benzene rings is 2. The Hall–Kier alpha value is -2.92. The normalized spacial score (nSPS) is 11.8. The molecule has 3 aromatic rings. The van der Waals surface area contributed by atoms with Gasteiger partial charge in [-0.2, -0.15) is 5.10 Å². The standard InChI is InChI=1S/C21H20ClN3O2/c1-3-25-13-12-19(24-25)14(2)23-21(27)18-7-5-4-6-17(18)20(26)15-8-10-16(22)11-9-15/h4-14H,3H2,1-2H3,(H,23,27). The molecule has 1 atom stereocenters. The Bertz CT molecular complexity index is 964. The number of aromatic nitrogens is 2. The van der Waals surface area contributed by atoms with Crippen molar-refractivity contribution >= 4 is 23.3 Å². The molecule has 0 fully saturated rings. The van der Waals surface area contributed by atoms with Crippen LogP contribution in [0.3, 0.4) is 0 Å². The van der Waals surface area contributed by atoms with Crippen LogP contribution in [0.2, 0.25) is 5.02 Å². The Balaban J connectivity index is 1.83. The summed E-state index contributed by atoms with van der Waals surface area (Å²) in [7, 11) is 0. The molecular formula is C21H20ClN3O2. The first-order chi connectivity index (χ1) is 13.0. The van der Waals surface area contributed by atoms with Crippen LogP contribution in [0.5, 0.6) is 0 Å². The number of carbonyl (C=O) groups excluding carboxylic acids is 2. The number of rotatable bonds is 6. The molecule has 1 amide bonds. The molecule has 0 spiro atoms. The monoisotopic (exact) mass is 381 g/mol. The van der Waals surface area contributed by atoms with Gasteiger partial charge < -0.3 is 5.32 Å². The molecule has 1 unspecified atom stereocenters. The van der Waals surface area contributed by atoms with Gasteiger partial charge in [0.1, 0.15) is 0 Å². The zero-order valence-electron chi connectivity index (χ0n) is 15.1. The van der Waals surface area contributed by atoms with Crippen LogP contribution in [-0.4, -0.2) is 21.5 Å². The average Bonchev–Trinajstić information content (AvgIpc) is 3.17. The van der Waals surface area contributed by atoms with Gasteiger partial charge in [-0.25, -0.2) is 0 Å². The Kier molecular flexibility index (Phi) is 5.72. The largest absolute Gasteiger partial charge is 0.344 e. The Morgan fingerprint density at radius 2 is 1.74 bits per heavy atom. The molecule has 0 aliphatic rings. The van der Waals surface area contributed by atoms with Gasteiger partial charge in [0, 0.05) is 28.9 Å². The van der Waals surface area contributed by atoms with Crippen molar-refractivity contribution in [3.63, 3.8) is 0 Å². The van der Waals surface area contributed by atoms with Crippen LogP contribution in [0.4, 0.5) is 0 Å². The third-order valence-electron chi connectivity index (χ3n) is 4.30. The van der Waals surface area contributed by atoms with Gasteiger partial charge in [-0.15, -0.1) is 0 Å². The molecule has 138 valence electrons. The molecule has 2 aromatic carbocycles. The van der Waals surface area contributed by atoms with E-state index in [0.717, 1.165) is 12.2 Å². The fraction of sp³-hybridized carbons (Fsp3) is 0.190. The van der Waals surface area contributed by atoms with E-state index in [2.05, 4.69) is 10.4 Å². The predicted molar refractivity (Wildman–Crippen MR) is 105 cm³/mol. The van der Waals surface area contributed by atoms with Crippen molar-refractivity contribution in [1.82, 2.24) is 15.1 Å². The number of nitrogens with one attached hydrogen (secondary N) is 1. The Morgan fingerprint density at radius 3 is 2.37 bits per heavy atom. The fourth-order valence-electron chi connectivity index (χ4n) is 2.77. The Labute approximate surface area is 163 Å². The van der Waals surface area contributed by atoms with Gasteiger partial charge in [0.05, 0.1) is 17.3 Å². The van der Waals surface area contributed by atoms with E-state index in [1.807, 2.05) is 26.1 Å². The van der Waals surface area contributed by atoms with Crippen molar-refractivity contribution in [2.75, 3.05) is 0 Å². The van der Waals surface area contributed by atoms with E-state index in [1.54, 1.807) is 53.2 Å². The van der Waals surface area contributed by atoms with Crippen LogP contribution in [0.1, 0.15) is 51.9 Å². The summed E-state index contributed by atoms with van der Waals surface area (Å²) in [5, 5.41) is 7.88. The first-order valence-electron chi connectivity index (χ1n) is 8.73. The summed E-state index contributed by atoms with van der Waals surface area (Å²) in [4.78, 5) is 25.6. The van der Waals surface area contributed by atoms with E-state index >= 15 is 0 Å². The summed E-state index contributed by atoms with van der Waals surface area (Å²) >= 11 is 5.89. The quantitative estimate of drug-likeness (QED) is 0.648. The highest BCUT2D eigenvalue weighted by molar-refractivity contribution is 6.30. The fourth-order valence-corrected chi connectivity index (χ4v) is 2.89. The van der Waals surface area contributed by atoms with Gasteiger partial charge in [0.2, 0.25) is 0 Å². The van der Waals surface area contributed by atoms with Crippen LogP contribution in [0.25, 0.3) is 0 Å². The maximum Gasteiger partial charge on any atom is 0.252 e. The highest BCUT2D eigenvalue weighted by Crippen LogP contribution is 2.18. The summed E-state index contributed by atoms with van der Waals surface area (Å²) in [6.07, 6.45) is 1.87. The predicted octanol–water partition coefficient (Wildman–Crippen LogP) is 4.28. The third kappa shape index (κ3) is 4.26. The summed E-state index contributed by atoms with van der Waals surface area (Å²) in [5.41, 5.74) is 1.93. The maximum atomic E-state index is 12.8. The minimum absolute atomic E-state index is 0.222. The van der Waals surface area contributed by atoms with Gasteiger partial charge in [0.25, 0.3) is 5.91 Å². The molecule has 1 N–H and O–H groups in total. The number of hydrogen-bond donors (Lipinski definition) is 1. The molecule has 0 bridgehead atoms. The first kappa shape index (κ1) is 18.9. The van der Waals surface area contributed by atoms with Crippen molar-refractivity contribution < 1.29 is 9.59 Å².